The lowest BCUT2D eigenvalue weighted by molar-refractivity contribution is -0.138. The zero-order chi connectivity index (χ0) is 15.1. The molecule has 0 aromatic heterocycles. The first-order valence-electron chi connectivity index (χ1n) is 5.81. The molecule has 0 radical (unpaired) electrons. The van der Waals surface area contributed by atoms with Crippen LogP contribution in [0.5, 0.6) is 5.75 Å². The van der Waals surface area contributed by atoms with E-state index in [9.17, 15) is 9.59 Å². The molecule has 1 rings (SSSR count). The molecule has 0 aliphatic carbocycles. The van der Waals surface area contributed by atoms with Crippen molar-refractivity contribution in [2.45, 2.75) is 6.92 Å². The highest BCUT2D eigenvalue weighted by Gasteiger charge is 2.13. The Balaban J connectivity index is 3.04. The van der Waals surface area contributed by atoms with Crippen LogP contribution in [0.1, 0.15) is 5.56 Å². The Hall–Kier alpha value is -2.50. The first-order chi connectivity index (χ1) is 9.51. The summed E-state index contributed by atoms with van der Waals surface area (Å²) in [6, 6.07) is 5.30. The molecule has 0 spiro atoms. The normalized spacial score (nSPS) is 10.7. The van der Waals surface area contributed by atoms with E-state index in [1.165, 1.54) is 14.2 Å². The number of hydrogen-bond donors (Lipinski definition) is 1. The largest absolute Gasteiger partial charge is 0.496 e. The van der Waals surface area contributed by atoms with Crippen molar-refractivity contribution in [2.24, 2.45) is 0 Å². The lowest BCUT2D eigenvalue weighted by Gasteiger charge is -2.11. The van der Waals surface area contributed by atoms with E-state index in [-0.39, 0.29) is 5.70 Å². The topological polar surface area (TPSA) is 73.9 Å². The van der Waals surface area contributed by atoms with E-state index >= 15 is 0 Å². The van der Waals surface area contributed by atoms with Gasteiger partial charge in [-0.05, 0) is 18.6 Å². The third-order valence-electron chi connectivity index (χ3n) is 2.56. The number of anilines is 1. The second-order valence-electron chi connectivity index (χ2n) is 3.88. The lowest BCUT2D eigenvalue weighted by atomic mass is 10.2. The van der Waals surface area contributed by atoms with Crippen LogP contribution in [0.15, 0.2) is 30.0 Å². The summed E-state index contributed by atoms with van der Waals surface area (Å²) in [6.07, 6.45) is 1.03. The minimum Gasteiger partial charge on any atom is -0.496 e. The van der Waals surface area contributed by atoms with Crippen LogP contribution in [0.2, 0.25) is 0 Å². The van der Waals surface area contributed by atoms with Gasteiger partial charge in [-0.1, -0.05) is 6.07 Å². The van der Waals surface area contributed by atoms with E-state index in [0.29, 0.717) is 11.4 Å². The molecule has 0 heterocycles. The third-order valence-corrected chi connectivity index (χ3v) is 2.56. The van der Waals surface area contributed by atoms with Gasteiger partial charge >= 0.3 is 11.9 Å². The van der Waals surface area contributed by atoms with Gasteiger partial charge in [-0.2, -0.15) is 0 Å². The van der Waals surface area contributed by atoms with Gasteiger partial charge in [0.25, 0.3) is 0 Å². The zero-order valence-corrected chi connectivity index (χ0v) is 11.9. The standard InChI is InChI=1S/C14H17NO5/c1-9-5-6-10(7-12(9)18-2)15-11(14(17)20-4)8-13(16)19-3/h5-8,15H,1-4H3/b11-8+. The number of nitrogens with one attached hydrogen (secondary N) is 1. The van der Waals surface area contributed by atoms with E-state index in [1.54, 1.807) is 19.2 Å². The fraction of sp³-hybridized carbons (Fsp3) is 0.286. The highest BCUT2D eigenvalue weighted by Crippen LogP contribution is 2.23. The first kappa shape index (κ1) is 15.6. The molecule has 0 atom stereocenters. The first-order valence-corrected chi connectivity index (χ1v) is 5.81. The van der Waals surface area contributed by atoms with E-state index in [0.717, 1.165) is 11.6 Å². The molecule has 0 aliphatic rings. The molecule has 6 heteroatoms. The molecule has 1 aromatic rings. The Labute approximate surface area is 117 Å². The molecular weight excluding hydrogens is 262 g/mol. The number of benzene rings is 1. The summed E-state index contributed by atoms with van der Waals surface area (Å²) in [5.74, 6) is -0.663. The van der Waals surface area contributed by atoms with Gasteiger partial charge in [0, 0.05) is 11.8 Å². The summed E-state index contributed by atoms with van der Waals surface area (Å²) in [4.78, 5) is 22.8. The van der Waals surface area contributed by atoms with Crippen LogP contribution in [0.3, 0.4) is 0 Å². The smallest absolute Gasteiger partial charge is 0.354 e. The molecule has 0 fully saturated rings. The molecule has 1 aromatic carbocycles. The van der Waals surface area contributed by atoms with Gasteiger partial charge < -0.3 is 19.5 Å². The van der Waals surface area contributed by atoms with Crippen molar-refractivity contribution in [1.29, 1.82) is 0 Å². The van der Waals surface area contributed by atoms with Gasteiger partial charge in [-0.25, -0.2) is 9.59 Å². The third kappa shape index (κ3) is 4.01. The predicted octanol–water partition coefficient (Wildman–Crippen LogP) is 1.65. The van der Waals surface area contributed by atoms with Crippen molar-refractivity contribution in [3.8, 4) is 5.75 Å². The van der Waals surface area contributed by atoms with Crippen LogP contribution >= 0.6 is 0 Å². The fourth-order valence-corrected chi connectivity index (χ4v) is 1.49. The Morgan fingerprint density at radius 3 is 2.40 bits per heavy atom. The number of hydrogen-bond acceptors (Lipinski definition) is 6. The Kier molecular flexibility index (Phi) is 5.58. The number of aryl methyl sites for hydroxylation is 1. The molecule has 0 amide bonds. The maximum Gasteiger partial charge on any atom is 0.354 e. The van der Waals surface area contributed by atoms with Crippen molar-refractivity contribution < 1.29 is 23.8 Å². The van der Waals surface area contributed by atoms with Crippen LogP contribution in [0.25, 0.3) is 0 Å². The van der Waals surface area contributed by atoms with Crippen molar-refractivity contribution >= 4 is 17.6 Å². The van der Waals surface area contributed by atoms with Gasteiger partial charge in [0.2, 0.25) is 0 Å². The zero-order valence-electron chi connectivity index (χ0n) is 11.9. The van der Waals surface area contributed by atoms with E-state index in [4.69, 9.17) is 4.74 Å². The van der Waals surface area contributed by atoms with Crippen LogP contribution in [-0.2, 0) is 19.1 Å². The average Bonchev–Trinajstić information content (AvgIpc) is 2.47. The molecule has 6 nitrogen and oxygen atoms in total. The van der Waals surface area contributed by atoms with E-state index in [2.05, 4.69) is 14.8 Å². The summed E-state index contributed by atoms with van der Waals surface area (Å²) in [5.41, 5.74) is 1.52. The average molecular weight is 279 g/mol. The maximum absolute atomic E-state index is 11.6. The minimum absolute atomic E-state index is 0.0229. The monoisotopic (exact) mass is 279 g/mol. The summed E-state index contributed by atoms with van der Waals surface area (Å²) in [6.45, 7) is 1.90. The van der Waals surface area contributed by atoms with Crippen molar-refractivity contribution in [3.05, 3.63) is 35.5 Å². The summed E-state index contributed by atoms with van der Waals surface area (Å²) >= 11 is 0. The lowest BCUT2D eigenvalue weighted by Crippen LogP contribution is -2.15. The molecule has 0 saturated carbocycles. The Morgan fingerprint density at radius 1 is 1.15 bits per heavy atom. The van der Waals surface area contributed by atoms with Gasteiger partial charge in [0.1, 0.15) is 11.4 Å². The number of rotatable bonds is 5. The second-order valence-corrected chi connectivity index (χ2v) is 3.88. The van der Waals surface area contributed by atoms with E-state index < -0.39 is 11.9 Å². The number of methoxy groups -OCH3 is 3. The van der Waals surface area contributed by atoms with Gasteiger partial charge in [0.05, 0.1) is 27.4 Å². The molecule has 1 N–H and O–H groups in total. The highest BCUT2D eigenvalue weighted by atomic mass is 16.5. The molecule has 0 bridgehead atoms. The SMILES string of the molecule is COC(=O)/C=C(/Nc1ccc(C)c(OC)c1)C(=O)OC. The van der Waals surface area contributed by atoms with Crippen molar-refractivity contribution in [1.82, 2.24) is 0 Å². The van der Waals surface area contributed by atoms with Gasteiger partial charge in [-0.15, -0.1) is 0 Å². The number of carbonyl (C=O) groups is 2. The summed E-state index contributed by atoms with van der Waals surface area (Å²) < 4.78 is 14.3. The van der Waals surface area contributed by atoms with Gasteiger partial charge in [-0.3, -0.25) is 0 Å². The molecule has 20 heavy (non-hydrogen) atoms. The van der Waals surface area contributed by atoms with Crippen LogP contribution in [0.4, 0.5) is 5.69 Å². The number of ether oxygens (including phenoxy) is 3. The van der Waals surface area contributed by atoms with Crippen LogP contribution in [-0.4, -0.2) is 33.3 Å². The minimum atomic E-state index is -0.671. The fourth-order valence-electron chi connectivity index (χ4n) is 1.49. The van der Waals surface area contributed by atoms with E-state index in [1.807, 2.05) is 13.0 Å². The molecule has 108 valence electrons. The quantitative estimate of drug-likeness (QED) is 0.652. The molecular formula is C14H17NO5. The van der Waals surface area contributed by atoms with Crippen LogP contribution in [0, 0.1) is 6.92 Å². The molecule has 0 aliphatic heterocycles. The summed E-state index contributed by atoms with van der Waals surface area (Å²) in [5, 5.41) is 2.80. The van der Waals surface area contributed by atoms with Crippen molar-refractivity contribution in [2.75, 3.05) is 26.6 Å². The molecule has 0 unspecified atom stereocenters. The van der Waals surface area contributed by atoms with Crippen molar-refractivity contribution in [3.63, 3.8) is 0 Å². The maximum atomic E-state index is 11.6. The van der Waals surface area contributed by atoms with Gasteiger partial charge in [0.15, 0.2) is 0 Å². The Bertz CT molecular complexity index is 536. The second kappa shape index (κ2) is 7.18. The highest BCUT2D eigenvalue weighted by molar-refractivity contribution is 5.98. The number of carbonyl (C=O) groups excluding carboxylic acids is 2. The summed E-state index contributed by atoms with van der Waals surface area (Å²) in [7, 11) is 4.01. The number of esters is 2. The molecule has 0 saturated heterocycles. The predicted molar refractivity (Wildman–Crippen MR) is 73.5 cm³/mol. The van der Waals surface area contributed by atoms with Crippen LogP contribution < -0.4 is 10.1 Å². The Morgan fingerprint density at radius 2 is 1.85 bits per heavy atom.